The molecule has 0 radical (unpaired) electrons. The van der Waals surface area contributed by atoms with E-state index in [9.17, 15) is 9.90 Å². The first kappa shape index (κ1) is 25.9. The average Bonchev–Trinajstić information content (AvgIpc) is 3.07. The number of fused-ring (bicyclic) bond motifs is 1. The van der Waals surface area contributed by atoms with Crippen molar-refractivity contribution in [1.82, 2.24) is 5.32 Å². The summed E-state index contributed by atoms with van der Waals surface area (Å²) in [6, 6.07) is 21.4. The second kappa shape index (κ2) is 12.2. The van der Waals surface area contributed by atoms with Crippen molar-refractivity contribution in [2.24, 2.45) is 0 Å². The van der Waals surface area contributed by atoms with Crippen molar-refractivity contribution in [1.29, 1.82) is 0 Å². The van der Waals surface area contributed by atoms with Crippen LogP contribution in [0.3, 0.4) is 0 Å². The molecule has 0 fully saturated rings. The van der Waals surface area contributed by atoms with Crippen LogP contribution in [0.1, 0.15) is 16.4 Å². The highest BCUT2D eigenvalue weighted by Gasteiger charge is 2.32. The van der Waals surface area contributed by atoms with Crippen LogP contribution in [0.2, 0.25) is 0 Å². The Morgan fingerprint density at radius 2 is 1.75 bits per heavy atom. The third-order valence-electron chi connectivity index (χ3n) is 6.19. The Bertz CT molecular complexity index is 1170. The topological polar surface area (TPSA) is 80.3 Å². The zero-order valence-electron chi connectivity index (χ0n) is 20.8. The number of aliphatic hydroxyl groups excluding tert-OH is 1. The van der Waals surface area contributed by atoms with Crippen LogP contribution in [0.4, 0.5) is 5.69 Å². The van der Waals surface area contributed by atoms with E-state index in [0.29, 0.717) is 18.0 Å². The Balaban J connectivity index is 1.41. The summed E-state index contributed by atoms with van der Waals surface area (Å²) >= 11 is 1.58. The Labute approximate surface area is 216 Å². The van der Waals surface area contributed by atoms with Crippen molar-refractivity contribution in [2.45, 2.75) is 22.7 Å². The van der Waals surface area contributed by atoms with Gasteiger partial charge in [0.1, 0.15) is 5.75 Å². The molecule has 1 amide bonds. The number of ether oxygens (including phenoxy) is 3. The summed E-state index contributed by atoms with van der Waals surface area (Å²) in [6.45, 7) is 1.02. The van der Waals surface area contributed by atoms with Crippen molar-refractivity contribution in [3.05, 3.63) is 77.9 Å². The molecule has 36 heavy (non-hydrogen) atoms. The monoisotopic (exact) mass is 508 g/mol. The number of carbonyl (C=O) groups is 1. The summed E-state index contributed by atoms with van der Waals surface area (Å²) in [5.74, 6) is 2.06. The smallest absolute Gasteiger partial charge is 0.241 e. The van der Waals surface area contributed by atoms with Crippen LogP contribution in [0.5, 0.6) is 17.2 Å². The van der Waals surface area contributed by atoms with Gasteiger partial charge in [-0.1, -0.05) is 30.3 Å². The van der Waals surface area contributed by atoms with E-state index in [1.807, 2.05) is 66.7 Å². The molecule has 1 heterocycles. The molecule has 4 rings (SSSR count). The highest BCUT2D eigenvalue weighted by Crippen LogP contribution is 2.45. The number of nitrogens with zero attached hydrogens (tertiary/aromatic N) is 1. The van der Waals surface area contributed by atoms with Gasteiger partial charge in [0.2, 0.25) is 5.91 Å². The van der Waals surface area contributed by atoms with Crippen molar-refractivity contribution >= 4 is 23.4 Å². The van der Waals surface area contributed by atoms with Crippen molar-refractivity contribution in [3.8, 4) is 17.2 Å². The quantitative estimate of drug-likeness (QED) is 0.422. The summed E-state index contributed by atoms with van der Waals surface area (Å²) < 4.78 is 15.9. The molecule has 0 aliphatic carbocycles. The minimum atomic E-state index is -0.730. The highest BCUT2D eigenvalue weighted by atomic mass is 32.2. The Kier molecular flexibility index (Phi) is 8.74. The van der Waals surface area contributed by atoms with Gasteiger partial charge < -0.3 is 29.5 Å². The van der Waals surface area contributed by atoms with E-state index in [0.717, 1.165) is 33.9 Å². The van der Waals surface area contributed by atoms with E-state index in [4.69, 9.17) is 14.2 Å². The lowest BCUT2D eigenvalue weighted by Crippen LogP contribution is -2.43. The van der Waals surface area contributed by atoms with Gasteiger partial charge in [0.15, 0.2) is 11.5 Å². The van der Waals surface area contributed by atoms with Crippen molar-refractivity contribution in [3.63, 3.8) is 0 Å². The molecule has 2 atom stereocenters. The minimum Gasteiger partial charge on any atom is -0.497 e. The number of para-hydroxylation sites is 1. The lowest BCUT2D eigenvalue weighted by Gasteiger charge is -2.25. The van der Waals surface area contributed by atoms with Crippen LogP contribution in [0.15, 0.2) is 71.6 Å². The number of nitrogens with one attached hydrogen (secondary N) is 1. The number of carbonyl (C=O) groups excluding carboxylic acids is 1. The second-order valence-electron chi connectivity index (χ2n) is 8.47. The van der Waals surface area contributed by atoms with Gasteiger partial charge in [-0.05, 0) is 60.5 Å². The van der Waals surface area contributed by atoms with Gasteiger partial charge in [0.05, 0.1) is 51.5 Å². The number of rotatable bonds is 9. The Hall–Kier alpha value is -3.20. The van der Waals surface area contributed by atoms with E-state index in [1.54, 1.807) is 38.0 Å². The SMILES string of the molecule is COc1ccc([C@@H]2Sc3ccccc3N(C(=O)CNCCc3ccc(OC)c(OC)c3)C[C@H]2O)cc1. The van der Waals surface area contributed by atoms with Crippen LogP contribution < -0.4 is 24.4 Å². The number of β-amino-alcohol motifs (C(OH)–C–C–N with tert-alkyl or cyclic N) is 1. The summed E-state index contributed by atoms with van der Waals surface area (Å²) in [5, 5.41) is 14.2. The van der Waals surface area contributed by atoms with Crippen LogP contribution >= 0.6 is 11.8 Å². The van der Waals surface area contributed by atoms with Gasteiger partial charge in [0, 0.05) is 4.90 Å². The van der Waals surface area contributed by atoms with Gasteiger partial charge in [-0.2, -0.15) is 0 Å². The summed E-state index contributed by atoms with van der Waals surface area (Å²) in [6.07, 6.45) is 0.00825. The summed E-state index contributed by atoms with van der Waals surface area (Å²) in [7, 11) is 4.86. The first-order valence-corrected chi connectivity index (χ1v) is 12.7. The normalized spacial score (nSPS) is 17.2. The first-order valence-electron chi connectivity index (χ1n) is 11.8. The maximum atomic E-state index is 13.3. The number of aliphatic hydroxyl groups is 1. The fourth-order valence-electron chi connectivity index (χ4n) is 4.26. The molecule has 0 spiro atoms. The maximum absolute atomic E-state index is 13.3. The molecule has 190 valence electrons. The maximum Gasteiger partial charge on any atom is 0.241 e. The van der Waals surface area contributed by atoms with Crippen LogP contribution in [-0.4, -0.2) is 58.1 Å². The van der Waals surface area contributed by atoms with E-state index >= 15 is 0 Å². The van der Waals surface area contributed by atoms with Crippen LogP contribution in [0.25, 0.3) is 0 Å². The molecule has 0 saturated carbocycles. The third kappa shape index (κ3) is 5.95. The van der Waals surface area contributed by atoms with Crippen molar-refractivity contribution in [2.75, 3.05) is 45.9 Å². The van der Waals surface area contributed by atoms with Gasteiger partial charge in [0.25, 0.3) is 0 Å². The second-order valence-corrected chi connectivity index (χ2v) is 9.65. The zero-order chi connectivity index (χ0) is 25.5. The number of methoxy groups -OCH3 is 3. The molecule has 0 aromatic heterocycles. The zero-order valence-corrected chi connectivity index (χ0v) is 21.6. The number of anilines is 1. The minimum absolute atomic E-state index is 0.0789. The van der Waals surface area contributed by atoms with E-state index in [-0.39, 0.29) is 24.2 Å². The van der Waals surface area contributed by atoms with Gasteiger partial charge in [-0.15, -0.1) is 11.8 Å². The van der Waals surface area contributed by atoms with Gasteiger partial charge in [-0.3, -0.25) is 4.79 Å². The summed E-state index contributed by atoms with van der Waals surface area (Å²) in [4.78, 5) is 15.9. The molecule has 3 aromatic carbocycles. The summed E-state index contributed by atoms with van der Waals surface area (Å²) in [5.41, 5.74) is 2.90. The largest absolute Gasteiger partial charge is 0.497 e. The number of thioether (sulfide) groups is 1. The highest BCUT2D eigenvalue weighted by molar-refractivity contribution is 7.99. The third-order valence-corrected chi connectivity index (χ3v) is 7.63. The molecule has 3 aromatic rings. The first-order chi connectivity index (χ1) is 17.5. The van der Waals surface area contributed by atoms with Crippen LogP contribution in [0, 0.1) is 0 Å². The molecular formula is C28H32N2O5S. The molecule has 8 heteroatoms. The number of hydrogen-bond donors (Lipinski definition) is 2. The van der Waals surface area contributed by atoms with E-state index in [1.165, 1.54) is 0 Å². The molecule has 0 unspecified atom stereocenters. The Morgan fingerprint density at radius 1 is 1.00 bits per heavy atom. The predicted molar refractivity (Wildman–Crippen MR) is 143 cm³/mol. The Morgan fingerprint density at radius 3 is 2.47 bits per heavy atom. The molecule has 2 N–H and O–H groups in total. The average molecular weight is 509 g/mol. The molecule has 0 bridgehead atoms. The number of hydrogen-bond acceptors (Lipinski definition) is 7. The van der Waals surface area contributed by atoms with Gasteiger partial charge >= 0.3 is 0 Å². The van der Waals surface area contributed by atoms with Crippen molar-refractivity contribution < 1.29 is 24.1 Å². The number of amides is 1. The fourth-order valence-corrected chi connectivity index (χ4v) is 5.52. The lowest BCUT2D eigenvalue weighted by atomic mass is 10.1. The number of benzene rings is 3. The molecule has 0 saturated heterocycles. The molecule has 1 aliphatic rings. The van der Waals surface area contributed by atoms with Gasteiger partial charge in [-0.25, -0.2) is 0 Å². The standard InChI is InChI=1S/C28H32N2O5S/c1-33-21-11-9-20(10-12-21)28-23(31)18-30(22-6-4-5-7-26(22)36-28)27(32)17-29-15-14-19-8-13-24(34-2)25(16-19)35-3/h4-13,16,23,28-29,31H,14-15,17-18H2,1-3H3/t23-,28+/m1/s1. The van der Waals surface area contributed by atoms with E-state index < -0.39 is 6.10 Å². The van der Waals surface area contributed by atoms with E-state index in [2.05, 4.69) is 5.32 Å². The molecule has 7 nitrogen and oxygen atoms in total. The lowest BCUT2D eigenvalue weighted by molar-refractivity contribution is -0.118. The predicted octanol–water partition coefficient (Wildman–Crippen LogP) is 4.09. The molecule has 1 aliphatic heterocycles. The van der Waals surface area contributed by atoms with Crippen LogP contribution in [-0.2, 0) is 11.2 Å². The fraction of sp³-hybridized carbons (Fsp3) is 0.321. The molecular weight excluding hydrogens is 476 g/mol.